The summed E-state index contributed by atoms with van der Waals surface area (Å²) in [6.45, 7) is 4.21. The highest BCUT2D eigenvalue weighted by Crippen LogP contribution is 2.39. The normalized spacial score (nSPS) is 18.9. The van der Waals surface area contributed by atoms with E-state index in [1.807, 2.05) is 27.0 Å². The second kappa shape index (κ2) is 7.24. The molecule has 0 radical (unpaired) electrons. The van der Waals surface area contributed by atoms with Gasteiger partial charge < -0.3 is 10.2 Å². The minimum absolute atomic E-state index is 0.0165. The predicted molar refractivity (Wildman–Crippen MR) is 106 cm³/mol. The minimum atomic E-state index is -0.645. The fraction of sp³-hybridized carbons (Fsp3) is 0.526. The van der Waals surface area contributed by atoms with Crippen LogP contribution in [0.1, 0.15) is 35.0 Å². The Morgan fingerprint density at radius 2 is 1.79 bits per heavy atom. The molecule has 0 saturated carbocycles. The standard InChI is InChI=1S/C19H25N7O3/c1-10-15(11(2)26(6)22-10)16-12(7-14(27)23(16)3)9-21-17-13(8-20)18(28)25(5)19(29)24(17)4/h12,16,21H,7,9H2,1-6H3/t12-,16+/m0/s1. The zero-order valence-corrected chi connectivity index (χ0v) is 17.5. The summed E-state index contributed by atoms with van der Waals surface area (Å²) >= 11 is 0. The van der Waals surface area contributed by atoms with Crippen LogP contribution >= 0.6 is 0 Å². The van der Waals surface area contributed by atoms with Crippen LogP contribution in [-0.2, 0) is 25.9 Å². The van der Waals surface area contributed by atoms with Gasteiger partial charge in [0.25, 0.3) is 5.56 Å². The van der Waals surface area contributed by atoms with Crippen LogP contribution in [0.3, 0.4) is 0 Å². The van der Waals surface area contributed by atoms with Gasteiger partial charge in [0.2, 0.25) is 5.91 Å². The molecular formula is C19H25N7O3. The van der Waals surface area contributed by atoms with Crippen molar-refractivity contribution in [2.45, 2.75) is 26.3 Å². The molecule has 10 heteroatoms. The molecule has 3 rings (SSSR count). The largest absolute Gasteiger partial charge is 0.370 e. The summed E-state index contributed by atoms with van der Waals surface area (Å²) in [6.07, 6.45) is 0.322. The third-order valence-electron chi connectivity index (χ3n) is 5.86. The van der Waals surface area contributed by atoms with Crippen molar-refractivity contribution in [1.29, 1.82) is 5.26 Å². The molecule has 1 saturated heterocycles. The number of amides is 1. The zero-order valence-electron chi connectivity index (χ0n) is 17.5. The van der Waals surface area contributed by atoms with Crippen molar-refractivity contribution in [2.75, 3.05) is 18.9 Å². The van der Waals surface area contributed by atoms with Gasteiger partial charge in [-0.05, 0) is 13.8 Å². The van der Waals surface area contributed by atoms with E-state index in [1.165, 1.54) is 18.7 Å². The molecule has 0 aromatic carbocycles. The van der Waals surface area contributed by atoms with Crippen molar-refractivity contribution in [3.8, 4) is 6.07 Å². The average molecular weight is 399 g/mol. The molecule has 0 aliphatic carbocycles. The smallest absolute Gasteiger partial charge is 0.332 e. The summed E-state index contributed by atoms with van der Waals surface area (Å²) in [4.78, 5) is 38.7. The highest BCUT2D eigenvalue weighted by molar-refractivity contribution is 5.79. The lowest BCUT2D eigenvalue weighted by Gasteiger charge is -2.26. The topological polar surface area (TPSA) is 118 Å². The lowest BCUT2D eigenvalue weighted by atomic mass is 9.92. The van der Waals surface area contributed by atoms with E-state index in [9.17, 15) is 19.6 Å². The van der Waals surface area contributed by atoms with Gasteiger partial charge in [0.15, 0.2) is 5.56 Å². The molecule has 1 aliphatic rings. The molecular weight excluding hydrogens is 374 g/mol. The van der Waals surface area contributed by atoms with Crippen molar-refractivity contribution in [3.63, 3.8) is 0 Å². The zero-order chi connectivity index (χ0) is 21.6. The Balaban J connectivity index is 1.99. The van der Waals surface area contributed by atoms with E-state index in [1.54, 1.807) is 16.6 Å². The second-order valence-electron chi connectivity index (χ2n) is 7.54. The molecule has 10 nitrogen and oxygen atoms in total. The molecule has 1 N–H and O–H groups in total. The third-order valence-corrected chi connectivity index (χ3v) is 5.86. The van der Waals surface area contributed by atoms with Crippen LogP contribution < -0.4 is 16.6 Å². The van der Waals surface area contributed by atoms with Crippen LogP contribution in [0.25, 0.3) is 0 Å². The van der Waals surface area contributed by atoms with Gasteiger partial charge in [0, 0.05) is 58.3 Å². The number of nitriles is 1. The number of rotatable bonds is 4. The maximum atomic E-state index is 12.5. The van der Waals surface area contributed by atoms with Crippen LogP contribution in [0.5, 0.6) is 0 Å². The number of hydrogen-bond acceptors (Lipinski definition) is 6. The van der Waals surface area contributed by atoms with E-state index in [2.05, 4.69) is 10.4 Å². The Hall–Kier alpha value is -3.35. The van der Waals surface area contributed by atoms with E-state index >= 15 is 0 Å². The number of nitrogens with one attached hydrogen (secondary N) is 1. The first kappa shape index (κ1) is 20.4. The Labute approximate surface area is 168 Å². The van der Waals surface area contributed by atoms with Gasteiger partial charge in [-0.2, -0.15) is 10.4 Å². The molecule has 0 spiro atoms. The van der Waals surface area contributed by atoms with Crippen LogP contribution in [0.4, 0.5) is 5.82 Å². The number of likely N-dealkylation sites (tertiary alicyclic amines) is 1. The Morgan fingerprint density at radius 1 is 1.14 bits per heavy atom. The highest BCUT2D eigenvalue weighted by Gasteiger charge is 2.41. The number of aromatic nitrogens is 4. The second-order valence-corrected chi connectivity index (χ2v) is 7.54. The number of carbonyl (C=O) groups is 1. The van der Waals surface area contributed by atoms with Crippen LogP contribution in [0, 0.1) is 31.1 Å². The van der Waals surface area contributed by atoms with Crippen molar-refractivity contribution < 1.29 is 4.79 Å². The summed E-state index contributed by atoms with van der Waals surface area (Å²) in [6, 6.07) is 1.70. The summed E-state index contributed by atoms with van der Waals surface area (Å²) < 4.78 is 3.95. The van der Waals surface area contributed by atoms with Gasteiger partial charge in [0.05, 0.1) is 11.7 Å². The predicted octanol–water partition coefficient (Wildman–Crippen LogP) is -0.0625. The Kier molecular flexibility index (Phi) is 5.09. The van der Waals surface area contributed by atoms with Crippen molar-refractivity contribution in [2.24, 2.45) is 27.1 Å². The quantitative estimate of drug-likeness (QED) is 0.769. The van der Waals surface area contributed by atoms with Gasteiger partial charge >= 0.3 is 5.69 Å². The molecule has 2 atom stereocenters. The number of nitrogens with zero attached hydrogens (tertiary/aromatic N) is 6. The van der Waals surface area contributed by atoms with E-state index in [0.29, 0.717) is 13.0 Å². The summed E-state index contributed by atoms with van der Waals surface area (Å²) in [7, 11) is 6.48. The number of aryl methyl sites for hydroxylation is 2. The van der Waals surface area contributed by atoms with Crippen LogP contribution in [-0.4, -0.2) is 43.3 Å². The average Bonchev–Trinajstić information content (AvgIpc) is 3.09. The molecule has 0 unspecified atom stereocenters. The van der Waals surface area contributed by atoms with Crippen molar-refractivity contribution in [1.82, 2.24) is 23.8 Å². The number of carbonyl (C=O) groups excluding carboxylic acids is 1. The molecule has 29 heavy (non-hydrogen) atoms. The highest BCUT2D eigenvalue weighted by atomic mass is 16.2. The molecule has 2 aromatic heterocycles. The van der Waals surface area contributed by atoms with Gasteiger partial charge in [0.1, 0.15) is 11.9 Å². The fourth-order valence-electron chi connectivity index (χ4n) is 4.16. The maximum absolute atomic E-state index is 12.5. The van der Waals surface area contributed by atoms with E-state index in [0.717, 1.165) is 21.5 Å². The van der Waals surface area contributed by atoms with Gasteiger partial charge in [-0.1, -0.05) is 0 Å². The first-order valence-electron chi connectivity index (χ1n) is 9.29. The van der Waals surface area contributed by atoms with E-state index < -0.39 is 11.2 Å². The molecule has 154 valence electrons. The Morgan fingerprint density at radius 3 is 2.34 bits per heavy atom. The molecule has 0 bridgehead atoms. The SMILES string of the molecule is Cc1nn(C)c(C)c1[C@H]1[C@H](CNc2c(C#N)c(=O)n(C)c(=O)n2C)CC(=O)N1C. The first-order chi connectivity index (χ1) is 13.6. The van der Waals surface area contributed by atoms with Crippen LogP contribution in [0.15, 0.2) is 9.59 Å². The first-order valence-corrected chi connectivity index (χ1v) is 9.29. The maximum Gasteiger partial charge on any atom is 0.332 e. The summed E-state index contributed by atoms with van der Waals surface area (Å²) in [5, 5.41) is 17.0. The number of hydrogen-bond donors (Lipinski definition) is 1. The Bertz CT molecular complexity index is 1150. The lowest BCUT2D eigenvalue weighted by Crippen LogP contribution is -2.40. The molecule has 1 amide bonds. The summed E-state index contributed by atoms with van der Waals surface area (Å²) in [5.74, 6) is 0.0728. The van der Waals surface area contributed by atoms with Gasteiger partial charge in [-0.25, -0.2) is 4.79 Å². The molecule has 1 aliphatic heterocycles. The van der Waals surface area contributed by atoms with E-state index in [4.69, 9.17) is 0 Å². The lowest BCUT2D eigenvalue weighted by molar-refractivity contribution is -0.127. The van der Waals surface area contributed by atoms with Crippen molar-refractivity contribution >= 4 is 11.7 Å². The molecule has 2 aromatic rings. The minimum Gasteiger partial charge on any atom is -0.370 e. The van der Waals surface area contributed by atoms with Gasteiger partial charge in [-0.3, -0.25) is 23.4 Å². The molecule has 1 fully saturated rings. The monoisotopic (exact) mass is 399 g/mol. The van der Waals surface area contributed by atoms with Crippen molar-refractivity contribution in [3.05, 3.63) is 43.4 Å². The van der Waals surface area contributed by atoms with E-state index in [-0.39, 0.29) is 29.2 Å². The van der Waals surface area contributed by atoms with Gasteiger partial charge in [-0.15, -0.1) is 0 Å². The third kappa shape index (κ3) is 3.12. The fourth-order valence-corrected chi connectivity index (χ4v) is 4.16. The van der Waals surface area contributed by atoms with Crippen LogP contribution in [0.2, 0.25) is 0 Å². The summed E-state index contributed by atoms with van der Waals surface area (Å²) in [5.41, 5.74) is 1.56. The number of anilines is 1. The molecule has 3 heterocycles.